The maximum Gasteiger partial charge on any atom is 0.331 e. The number of rotatable bonds is 5. The van der Waals surface area contributed by atoms with Crippen LogP contribution in [0.2, 0.25) is 0 Å². The maximum absolute atomic E-state index is 12.2. The zero-order valence-corrected chi connectivity index (χ0v) is 12.5. The van der Waals surface area contributed by atoms with Crippen LogP contribution >= 0.6 is 0 Å². The molecule has 1 heterocycles. The first kappa shape index (κ1) is 15.3. The number of methoxy groups -OCH3 is 1. The fourth-order valence-electron chi connectivity index (χ4n) is 2.66. The molecule has 0 bridgehead atoms. The second kappa shape index (κ2) is 6.57. The van der Waals surface area contributed by atoms with Crippen LogP contribution in [0.3, 0.4) is 0 Å². The van der Waals surface area contributed by atoms with Crippen LogP contribution in [0, 0.1) is 0 Å². The van der Waals surface area contributed by atoms with Gasteiger partial charge in [-0.15, -0.1) is 0 Å². The first-order valence-corrected chi connectivity index (χ1v) is 7.28. The molecule has 0 spiro atoms. The van der Waals surface area contributed by atoms with Crippen LogP contribution in [-0.4, -0.2) is 24.5 Å². The second-order valence-corrected chi connectivity index (χ2v) is 5.39. The van der Waals surface area contributed by atoms with Gasteiger partial charge < -0.3 is 10.1 Å². The zero-order valence-electron chi connectivity index (χ0n) is 12.5. The van der Waals surface area contributed by atoms with E-state index < -0.39 is 5.54 Å². The first-order valence-electron chi connectivity index (χ1n) is 7.28. The van der Waals surface area contributed by atoms with Crippen LogP contribution in [-0.2, 0) is 14.3 Å². The lowest BCUT2D eigenvalue weighted by atomic mass is 9.89. The van der Waals surface area contributed by atoms with Crippen molar-refractivity contribution in [2.45, 2.75) is 38.1 Å². The Morgan fingerprint density at radius 3 is 2.71 bits per heavy atom. The standard InChI is InChI=1S/C17H21NO3/c1-3-4-10-17(16(20)21-2)12-14(15(19)18-17)11-13-8-6-5-7-9-13/h5-9,11H,3-4,10,12H2,1-2H3,(H,18,19)/b14-11+/t17-/m0/s1. The highest BCUT2D eigenvalue weighted by molar-refractivity contribution is 6.05. The predicted octanol–water partition coefficient (Wildman–Crippen LogP) is 2.69. The van der Waals surface area contributed by atoms with E-state index in [1.165, 1.54) is 7.11 Å². The van der Waals surface area contributed by atoms with E-state index in [1.54, 1.807) is 0 Å². The van der Waals surface area contributed by atoms with Gasteiger partial charge in [0.1, 0.15) is 5.54 Å². The van der Waals surface area contributed by atoms with Gasteiger partial charge in [-0.1, -0.05) is 50.1 Å². The van der Waals surface area contributed by atoms with Crippen molar-refractivity contribution in [2.24, 2.45) is 0 Å². The van der Waals surface area contributed by atoms with Crippen molar-refractivity contribution in [1.82, 2.24) is 5.32 Å². The van der Waals surface area contributed by atoms with Gasteiger partial charge in [-0.05, 0) is 18.1 Å². The molecule has 0 saturated carbocycles. The summed E-state index contributed by atoms with van der Waals surface area (Å²) in [5, 5.41) is 2.84. The summed E-state index contributed by atoms with van der Waals surface area (Å²) in [6, 6.07) is 9.64. The van der Waals surface area contributed by atoms with Crippen molar-refractivity contribution >= 4 is 18.0 Å². The van der Waals surface area contributed by atoms with Gasteiger partial charge >= 0.3 is 5.97 Å². The Hall–Kier alpha value is -2.10. The zero-order chi connectivity index (χ0) is 15.3. The van der Waals surface area contributed by atoms with Crippen LogP contribution < -0.4 is 5.32 Å². The predicted molar refractivity (Wildman–Crippen MR) is 81.5 cm³/mol. The molecule has 4 heteroatoms. The summed E-state index contributed by atoms with van der Waals surface area (Å²) in [5.41, 5.74) is 0.684. The number of nitrogens with one attached hydrogen (secondary N) is 1. The molecule has 1 aliphatic rings. The van der Waals surface area contributed by atoms with Crippen molar-refractivity contribution in [1.29, 1.82) is 0 Å². The molecule has 2 rings (SSSR count). The van der Waals surface area contributed by atoms with E-state index >= 15 is 0 Å². The van der Waals surface area contributed by atoms with Gasteiger partial charge in [0.05, 0.1) is 7.11 Å². The summed E-state index contributed by atoms with van der Waals surface area (Å²) in [7, 11) is 1.36. The third-order valence-electron chi connectivity index (χ3n) is 3.81. The second-order valence-electron chi connectivity index (χ2n) is 5.39. The van der Waals surface area contributed by atoms with Crippen molar-refractivity contribution in [3.05, 3.63) is 41.5 Å². The lowest BCUT2D eigenvalue weighted by Gasteiger charge is -2.25. The topological polar surface area (TPSA) is 55.4 Å². The van der Waals surface area contributed by atoms with Gasteiger partial charge in [0.25, 0.3) is 0 Å². The number of hydrogen-bond donors (Lipinski definition) is 1. The molecular formula is C17H21NO3. The summed E-state index contributed by atoms with van der Waals surface area (Å²) in [6.07, 6.45) is 4.66. The largest absolute Gasteiger partial charge is 0.467 e. The molecule has 1 amide bonds. The lowest BCUT2D eigenvalue weighted by molar-refractivity contribution is -0.149. The van der Waals surface area contributed by atoms with Crippen molar-refractivity contribution in [3.63, 3.8) is 0 Å². The number of ether oxygens (including phenoxy) is 1. The van der Waals surface area contributed by atoms with Gasteiger partial charge in [0.15, 0.2) is 0 Å². The molecule has 0 radical (unpaired) electrons. The minimum absolute atomic E-state index is 0.180. The molecule has 1 saturated heterocycles. The van der Waals surface area contributed by atoms with Crippen LogP contribution in [0.4, 0.5) is 0 Å². The normalized spacial score (nSPS) is 23.1. The highest BCUT2D eigenvalue weighted by Crippen LogP contribution is 2.32. The lowest BCUT2D eigenvalue weighted by Crippen LogP contribution is -2.49. The maximum atomic E-state index is 12.2. The van der Waals surface area contributed by atoms with Crippen LogP contribution in [0.25, 0.3) is 6.08 Å². The number of unbranched alkanes of at least 4 members (excludes halogenated alkanes) is 1. The molecule has 0 unspecified atom stereocenters. The average molecular weight is 287 g/mol. The average Bonchev–Trinajstić information content (AvgIpc) is 2.83. The number of carbonyl (C=O) groups is 2. The fraction of sp³-hybridized carbons (Fsp3) is 0.412. The molecule has 112 valence electrons. The van der Waals surface area contributed by atoms with Crippen LogP contribution in [0.1, 0.15) is 38.2 Å². The van der Waals surface area contributed by atoms with E-state index in [0.29, 0.717) is 18.4 Å². The highest BCUT2D eigenvalue weighted by atomic mass is 16.5. The number of esters is 1. The Morgan fingerprint density at radius 2 is 2.10 bits per heavy atom. The smallest absolute Gasteiger partial charge is 0.331 e. The Balaban J connectivity index is 2.26. The van der Waals surface area contributed by atoms with E-state index in [1.807, 2.05) is 36.4 Å². The Kier molecular flexibility index (Phi) is 4.78. The van der Waals surface area contributed by atoms with Crippen molar-refractivity contribution in [3.8, 4) is 0 Å². The molecule has 21 heavy (non-hydrogen) atoms. The third-order valence-corrected chi connectivity index (χ3v) is 3.81. The summed E-state index contributed by atoms with van der Waals surface area (Å²) in [6.45, 7) is 2.06. The molecule has 1 fully saturated rings. The summed E-state index contributed by atoms with van der Waals surface area (Å²) < 4.78 is 4.90. The molecule has 0 aromatic heterocycles. The van der Waals surface area contributed by atoms with E-state index in [2.05, 4.69) is 12.2 Å². The van der Waals surface area contributed by atoms with E-state index in [9.17, 15) is 9.59 Å². The number of amides is 1. The quantitative estimate of drug-likeness (QED) is 0.669. The van der Waals surface area contributed by atoms with Gasteiger partial charge in [-0.25, -0.2) is 4.79 Å². The van der Waals surface area contributed by atoms with Crippen molar-refractivity contribution in [2.75, 3.05) is 7.11 Å². The van der Waals surface area contributed by atoms with E-state index in [4.69, 9.17) is 4.74 Å². The number of hydrogen-bond acceptors (Lipinski definition) is 3. The molecule has 1 N–H and O–H groups in total. The minimum atomic E-state index is -0.900. The highest BCUT2D eigenvalue weighted by Gasteiger charge is 2.47. The van der Waals surface area contributed by atoms with E-state index in [0.717, 1.165) is 18.4 Å². The molecule has 1 aromatic rings. The van der Waals surface area contributed by atoms with Gasteiger partial charge in [0, 0.05) is 12.0 Å². The number of carbonyl (C=O) groups excluding carboxylic acids is 2. The van der Waals surface area contributed by atoms with Gasteiger partial charge in [-0.3, -0.25) is 4.79 Å². The molecular weight excluding hydrogens is 266 g/mol. The first-order chi connectivity index (χ1) is 10.1. The third kappa shape index (κ3) is 3.32. The molecule has 1 aliphatic heterocycles. The van der Waals surface area contributed by atoms with Crippen LogP contribution in [0.15, 0.2) is 35.9 Å². The molecule has 1 atom stereocenters. The van der Waals surface area contributed by atoms with E-state index in [-0.39, 0.29) is 11.9 Å². The Morgan fingerprint density at radius 1 is 1.38 bits per heavy atom. The SMILES string of the molecule is CCCC[C@@]1(C(=O)OC)C/C(=C\c2ccccc2)C(=O)N1. The van der Waals surface area contributed by atoms with Gasteiger partial charge in [0.2, 0.25) is 5.91 Å². The van der Waals surface area contributed by atoms with Crippen molar-refractivity contribution < 1.29 is 14.3 Å². The monoisotopic (exact) mass is 287 g/mol. The molecule has 0 aliphatic carbocycles. The Bertz CT molecular complexity index is 550. The van der Waals surface area contributed by atoms with Gasteiger partial charge in [-0.2, -0.15) is 0 Å². The summed E-state index contributed by atoms with van der Waals surface area (Å²) in [5.74, 6) is -0.541. The summed E-state index contributed by atoms with van der Waals surface area (Å²) >= 11 is 0. The Labute approximate surface area is 125 Å². The number of benzene rings is 1. The summed E-state index contributed by atoms with van der Waals surface area (Å²) in [4.78, 5) is 24.3. The fourth-order valence-corrected chi connectivity index (χ4v) is 2.66. The van der Waals surface area contributed by atoms with Crippen LogP contribution in [0.5, 0.6) is 0 Å². The molecule has 1 aromatic carbocycles. The minimum Gasteiger partial charge on any atom is -0.467 e. The molecule has 4 nitrogen and oxygen atoms in total.